The van der Waals surface area contributed by atoms with Crippen molar-refractivity contribution < 1.29 is 4.42 Å². The molecule has 1 aromatic heterocycles. The molecule has 1 aromatic rings. The van der Waals surface area contributed by atoms with Gasteiger partial charge >= 0.3 is 0 Å². The first kappa shape index (κ1) is 9.99. The van der Waals surface area contributed by atoms with Gasteiger partial charge < -0.3 is 9.32 Å². The molecule has 0 spiro atoms. The van der Waals surface area contributed by atoms with Crippen LogP contribution in [0.1, 0.15) is 32.1 Å². The van der Waals surface area contributed by atoms with Crippen molar-refractivity contribution >= 4 is 11.6 Å². The largest absolute Gasteiger partial charge is 0.429 e. The highest BCUT2D eigenvalue weighted by molar-refractivity contribution is 6.28. The van der Waals surface area contributed by atoms with Crippen LogP contribution in [0.3, 0.4) is 0 Å². The molecule has 0 amide bonds. The lowest BCUT2D eigenvalue weighted by molar-refractivity contribution is 0.268. The monoisotopic (exact) mass is 214 g/mol. The predicted octanol–water partition coefficient (Wildman–Crippen LogP) is 2.53. The lowest BCUT2D eigenvalue weighted by atomic mass is 10.1. The summed E-state index contributed by atoms with van der Waals surface area (Å²) < 4.78 is 5.32. The number of halogens is 1. The third-order valence-corrected chi connectivity index (χ3v) is 2.97. The number of nitrogens with zero attached hydrogens (tertiary/aromatic N) is 2. The molecule has 0 aliphatic carbocycles. The highest BCUT2D eigenvalue weighted by Crippen LogP contribution is 2.28. The van der Waals surface area contributed by atoms with Gasteiger partial charge in [-0.1, -0.05) is 0 Å². The van der Waals surface area contributed by atoms with Crippen molar-refractivity contribution in [1.29, 1.82) is 0 Å². The van der Waals surface area contributed by atoms with E-state index in [4.69, 9.17) is 16.0 Å². The lowest BCUT2D eigenvalue weighted by Gasteiger charge is -2.19. The van der Waals surface area contributed by atoms with E-state index >= 15 is 0 Å². The maximum Gasteiger partial charge on any atom is 0.213 e. The van der Waals surface area contributed by atoms with Gasteiger partial charge in [-0.15, -0.1) is 0 Å². The van der Waals surface area contributed by atoms with Crippen LogP contribution in [0.5, 0.6) is 0 Å². The van der Waals surface area contributed by atoms with E-state index in [2.05, 4.69) is 23.7 Å². The molecule has 0 radical (unpaired) electrons. The number of hydrogen-bond donors (Lipinski definition) is 0. The Labute approximate surface area is 89.1 Å². The fraction of sp³-hybridized carbons (Fsp3) is 0.700. The maximum atomic E-state index is 5.69. The molecule has 1 unspecified atom stereocenters. The quantitative estimate of drug-likeness (QED) is 0.758. The molecule has 1 saturated heterocycles. The van der Waals surface area contributed by atoms with Crippen molar-refractivity contribution in [2.24, 2.45) is 0 Å². The number of aromatic nitrogens is 1. The molecule has 1 aliphatic heterocycles. The topological polar surface area (TPSA) is 29.3 Å². The first-order chi connectivity index (χ1) is 6.66. The van der Waals surface area contributed by atoms with Crippen LogP contribution in [0.25, 0.3) is 0 Å². The van der Waals surface area contributed by atoms with E-state index in [0.717, 1.165) is 25.4 Å². The Morgan fingerprint density at radius 3 is 2.93 bits per heavy atom. The van der Waals surface area contributed by atoms with Gasteiger partial charge in [0.1, 0.15) is 0 Å². The van der Waals surface area contributed by atoms with E-state index in [9.17, 15) is 0 Å². The zero-order valence-electron chi connectivity index (χ0n) is 8.53. The Hall–Kier alpha value is -0.540. The lowest BCUT2D eigenvalue weighted by Crippen LogP contribution is -2.27. The van der Waals surface area contributed by atoms with E-state index in [1.165, 1.54) is 0 Å². The van der Waals surface area contributed by atoms with Gasteiger partial charge in [0.05, 0.1) is 6.20 Å². The Morgan fingerprint density at radius 1 is 1.64 bits per heavy atom. The van der Waals surface area contributed by atoms with Crippen LogP contribution >= 0.6 is 11.6 Å². The minimum absolute atomic E-state index is 0.392. The minimum Gasteiger partial charge on any atom is -0.429 e. The summed E-state index contributed by atoms with van der Waals surface area (Å²) in [6.45, 7) is 6.59. The summed E-state index contributed by atoms with van der Waals surface area (Å²) in [4.78, 5) is 6.60. The number of likely N-dealkylation sites (tertiary alicyclic amines) is 1. The van der Waals surface area contributed by atoms with Gasteiger partial charge in [-0.2, -0.15) is 0 Å². The van der Waals surface area contributed by atoms with Crippen LogP contribution in [0, 0.1) is 0 Å². The van der Waals surface area contributed by atoms with Crippen LogP contribution in [0.2, 0.25) is 5.22 Å². The average molecular weight is 215 g/mol. The zero-order valence-corrected chi connectivity index (χ0v) is 9.29. The summed E-state index contributed by atoms with van der Waals surface area (Å²) in [5.74, 6) is 1.21. The third-order valence-electron chi connectivity index (χ3n) is 2.79. The Bertz CT molecular complexity index is 311. The highest BCUT2D eigenvalue weighted by atomic mass is 35.5. The van der Waals surface area contributed by atoms with Crippen molar-refractivity contribution in [3.63, 3.8) is 0 Å². The van der Waals surface area contributed by atoms with Crippen molar-refractivity contribution in [2.45, 2.75) is 32.2 Å². The summed E-state index contributed by atoms with van der Waals surface area (Å²) in [6.07, 6.45) is 2.70. The Kier molecular flexibility index (Phi) is 2.79. The van der Waals surface area contributed by atoms with Crippen LogP contribution in [-0.4, -0.2) is 29.0 Å². The van der Waals surface area contributed by atoms with Gasteiger partial charge in [0.25, 0.3) is 0 Å². The number of rotatable bonds is 2. The second kappa shape index (κ2) is 3.91. The van der Waals surface area contributed by atoms with Crippen molar-refractivity contribution in [3.8, 4) is 0 Å². The molecule has 4 heteroatoms. The molecule has 2 heterocycles. The fourth-order valence-electron chi connectivity index (χ4n) is 1.91. The molecule has 0 aromatic carbocycles. The molecule has 0 saturated carbocycles. The van der Waals surface area contributed by atoms with E-state index in [1.54, 1.807) is 6.20 Å². The molecule has 1 atom stereocenters. The molecule has 1 aliphatic rings. The first-order valence-electron chi connectivity index (χ1n) is 5.02. The van der Waals surface area contributed by atoms with Gasteiger partial charge in [0.15, 0.2) is 0 Å². The van der Waals surface area contributed by atoms with Gasteiger partial charge in [-0.25, -0.2) is 4.98 Å². The zero-order chi connectivity index (χ0) is 10.1. The van der Waals surface area contributed by atoms with Crippen LogP contribution in [0.15, 0.2) is 10.6 Å². The molecule has 78 valence electrons. The molecule has 14 heavy (non-hydrogen) atoms. The molecule has 0 N–H and O–H groups in total. The first-order valence-corrected chi connectivity index (χ1v) is 5.40. The predicted molar refractivity (Wildman–Crippen MR) is 55.6 cm³/mol. The SMILES string of the molecule is CC(C)N1CCC(c2ncc(Cl)o2)C1. The summed E-state index contributed by atoms with van der Waals surface area (Å²) >= 11 is 5.69. The highest BCUT2D eigenvalue weighted by Gasteiger charge is 2.28. The van der Waals surface area contributed by atoms with Gasteiger partial charge in [0, 0.05) is 18.5 Å². The molecule has 3 nitrogen and oxygen atoms in total. The normalized spacial score (nSPS) is 23.6. The summed E-state index contributed by atoms with van der Waals surface area (Å²) in [5, 5.41) is 0.392. The summed E-state index contributed by atoms with van der Waals surface area (Å²) in [6, 6.07) is 0.602. The van der Waals surface area contributed by atoms with Crippen LogP contribution < -0.4 is 0 Å². The Balaban J connectivity index is 2.02. The average Bonchev–Trinajstić information content (AvgIpc) is 2.70. The van der Waals surface area contributed by atoms with E-state index in [0.29, 0.717) is 17.2 Å². The molecular weight excluding hydrogens is 200 g/mol. The third kappa shape index (κ3) is 1.93. The molecule has 2 rings (SSSR count). The standard InChI is InChI=1S/C10H15ClN2O/c1-7(2)13-4-3-8(6-13)10-12-5-9(11)14-10/h5,7-8H,3-4,6H2,1-2H3. The van der Waals surface area contributed by atoms with Crippen molar-refractivity contribution in [3.05, 3.63) is 17.3 Å². The molecular formula is C10H15ClN2O. The van der Waals surface area contributed by atoms with E-state index in [1.807, 2.05) is 0 Å². The summed E-state index contributed by atoms with van der Waals surface area (Å²) in [7, 11) is 0. The van der Waals surface area contributed by atoms with Gasteiger partial charge in [-0.05, 0) is 38.4 Å². The van der Waals surface area contributed by atoms with E-state index < -0.39 is 0 Å². The second-order valence-corrected chi connectivity index (χ2v) is 4.45. The number of oxazole rings is 1. The number of hydrogen-bond acceptors (Lipinski definition) is 3. The second-order valence-electron chi connectivity index (χ2n) is 4.08. The minimum atomic E-state index is 0.392. The van der Waals surface area contributed by atoms with Gasteiger partial charge in [-0.3, -0.25) is 0 Å². The molecule has 0 bridgehead atoms. The van der Waals surface area contributed by atoms with Crippen LogP contribution in [0.4, 0.5) is 0 Å². The summed E-state index contributed by atoms with van der Waals surface area (Å²) in [5.41, 5.74) is 0. The van der Waals surface area contributed by atoms with E-state index in [-0.39, 0.29) is 0 Å². The maximum absolute atomic E-state index is 5.69. The smallest absolute Gasteiger partial charge is 0.213 e. The van der Waals surface area contributed by atoms with Gasteiger partial charge in [0.2, 0.25) is 11.1 Å². The van der Waals surface area contributed by atoms with Crippen LogP contribution in [-0.2, 0) is 0 Å². The molecule has 1 fully saturated rings. The Morgan fingerprint density at radius 2 is 2.43 bits per heavy atom. The van der Waals surface area contributed by atoms with Crippen molar-refractivity contribution in [1.82, 2.24) is 9.88 Å². The van der Waals surface area contributed by atoms with Crippen molar-refractivity contribution in [2.75, 3.05) is 13.1 Å². The fourth-order valence-corrected chi connectivity index (χ4v) is 2.04.